The zero-order valence-electron chi connectivity index (χ0n) is 34.0. The average Bonchev–Trinajstić information content (AvgIpc) is 3.48. The fourth-order valence-corrected chi connectivity index (χ4v) is 15.7. The first-order valence-corrected chi connectivity index (χ1v) is 22.9. The molecule has 7 nitrogen and oxygen atoms in total. The predicted octanol–water partition coefficient (Wildman–Crippen LogP) is 8.25. The highest BCUT2D eigenvalue weighted by Gasteiger charge is 2.70. The van der Waals surface area contributed by atoms with Crippen LogP contribution in [0.5, 0.6) is 0 Å². The number of carboxylic acid groups (broad SMARTS) is 1. The highest BCUT2D eigenvalue weighted by Crippen LogP contribution is 2.76. The van der Waals surface area contributed by atoms with Gasteiger partial charge in [-0.15, -0.1) is 0 Å². The van der Waals surface area contributed by atoms with Crippen molar-refractivity contribution in [3.05, 3.63) is 35.5 Å². The second-order valence-corrected chi connectivity index (χ2v) is 22.5. The molecule has 0 bridgehead atoms. The number of hydrogen-bond acceptors (Lipinski definition) is 5. The summed E-state index contributed by atoms with van der Waals surface area (Å²) in [5.41, 5.74) is 3.61. The quantitative estimate of drug-likeness (QED) is 0.231. The Labute approximate surface area is 320 Å². The molecule has 1 heterocycles. The van der Waals surface area contributed by atoms with Gasteiger partial charge < -0.3 is 10.4 Å². The first kappa shape index (κ1) is 39.7. The molecule has 4 saturated carbocycles. The first-order valence-electron chi connectivity index (χ1n) is 21.1. The van der Waals surface area contributed by atoms with E-state index in [9.17, 15) is 22.7 Å². The van der Waals surface area contributed by atoms with Gasteiger partial charge in [-0.25, -0.2) is 12.8 Å². The molecule has 5 fully saturated rings. The average molecular weight is 756 g/mol. The molecule has 2 N–H and O–H groups in total. The van der Waals surface area contributed by atoms with Gasteiger partial charge in [0.05, 0.1) is 11.7 Å². The maximum absolute atomic E-state index is 14.0. The lowest BCUT2D eigenvalue weighted by molar-refractivity contribution is -0.221. The van der Waals surface area contributed by atoms with Crippen LogP contribution in [0.15, 0.2) is 35.5 Å². The molecule has 7 aliphatic rings. The summed E-state index contributed by atoms with van der Waals surface area (Å²) in [7, 11) is -3.12. The second-order valence-electron chi connectivity index (χ2n) is 20.5. The molecule has 1 aliphatic heterocycles. The van der Waals surface area contributed by atoms with E-state index in [2.05, 4.69) is 70.5 Å². The van der Waals surface area contributed by atoms with Crippen molar-refractivity contribution >= 4 is 16.0 Å². The Morgan fingerprint density at radius 2 is 1.64 bits per heavy atom. The molecule has 1 saturated heterocycles. The number of alkyl halides is 1. The van der Waals surface area contributed by atoms with E-state index >= 15 is 0 Å². The number of piperazine rings is 1. The lowest BCUT2D eigenvalue weighted by Gasteiger charge is -2.72. The van der Waals surface area contributed by atoms with Gasteiger partial charge in [0.1, 0.15) is 6.67 Å². The smallest absolute Gasteiger partial charge is 0.312 e. The lowest BCUT2D eigenvalue weighted by Crippen LogP contribution is -2.68. The number of rotatable bonds is 9. The lowest BCUT2D eigenvalue weighted by atomic mass is 9.33. The molecule has 7 rings (SSSR count). The van der Waals surface area contributed by atoms with Gasteiger partial charge in [0, 0.05) is 44.8 Å². The van der Waals surface area contributed by atoms with Crippen LogP contribution in [0.25, 0.3) is 0 Å². The maximum Gasteiger partial charge on any atom is 0.312 e. The molecular formula is C44H70FN3O4S. The van der Waals surface area contributed by atoms with Gasteiger partial charge >= 0.3 is 5.97 Å². The highest BCUT2D eigenvalue weighted by molar-refractivity contribution is 7.88. The number of allylic oxidation sites excluding steroid dienone is 5. The van der Waals surface area contributed by atoms with E-state index in [4.69, 9.17) is 0 Å². The Morgan fingerprint density at radius 3 is 2.25 bits per heavy atom. The molecule has 0 spiro atoms. The number of aliphatic carboxylic acids is 1. The molecule has 0 radical (unpaired) electrons. The van der Waals surface area contributed by atoms with Crippen LogP contribution in [-0.4, -0.2) is 86.4 Å². The van der Waals surface area contributed by atoms with Crippen LogP contribution < -0.4 is 5.32 Å². The number of sulfonamides is 1. The van der Waals surface area contributed by atoms with Crippen LogP contribution in [0, 0.1) is 56.7 Å². The van der Waals surface area contributed by atoms with Gasteiger partial charge in [-0.05, 0) is 146 Å². The Morgan fingerprint density at radius 1 is 0.925 bits per heavy atom. The van der Waals surface area contributed by atoms with Crippen molar-refractivity contribution in [3.63, 3.8) is 0 Å². The highest BCUT2D eigenvalue weighted by atomic mass is 32.2. The third kappa shape index (κ3) is 6.09. The molecule has 9 heteroatoms. The summed E-state index contributed by atoms with van der Waals surface area (Å²) in [5.74, 6) is 2.01. The van der Waals surface area contributed by atoms with E-state index in [1.807, 2.05) is 0 Å². The number of halogens is 1. The standard InChI is InChI=1S/C44H70FN3O4S/c1-30(2)32-13-20-44(46-23-24-47-25-27-48(28-26-47)53(8,51)52)22-21-41(6)34(37(32)44)9-10-36-40(5)16-14-33(39(3,4)35(40)15-17-42(36,41)7)31-11-18-43(29-45,19-12-31)38(49)50/h11,14,32,34-37,46H,1,9-10,12-13,15-29H2,2-8H3,(H,49,50)/t32-,34+,35-,36+,37+,40-,41+,42+,43-,44-/m0/s1. The Kier molecular flexibility index (Phi) is 10.1. The predicted molar refractivity (Wildman–Crippen MR) is 212 cm³/mol. The first-order chi connectivity index (χ1) is 24.8. The maximum atomic E-state index is 14.0. The summed E-state index contributed by atoms with van der Waals surface area (Å²) in [6.07, 6.45) is 18.3. The molecule has 0 aromatic carbocycles. The number of carboxylic acids is 1. The van der Waals surface area contributed by atoms with Crippen LogP contribution in [0.2, 0.25) is 0 Å². The van der Waals surface area contributed by atoms with Gasteiger partial charge in [-0.2, -0.15) is 4.31 Å². The van der Waals surface area contributed by atoms with E-state index in [1.54, 1.807) is 4.31 Å². The normalized spacial score (nSPS) is 44.5. The van der Waals surface area contributed by atoms with Crippen LogP contribution in [-0.2, 0) is 14.8 Å². The van der Waals surface area contributed by atoms with Crippen molar-refractivity contribution in [2.24, 2.45) is 56.7 Å². The number of fused-ring (bicyclic) bond motifs is 7. The SMILES string of the molecule is C=C(C)[C@@H]1CC[C@]2(NCCN3CCN(S(C)(=O)=O)CC3)CC[C@]3(C)[C@H](CC[C@@H]4[C@@]5(C)CC=C(C6=CC[C@](CF)(C(=O)O)CC6)C(C)(C)[C@@H]5CC[C@]43C)[C@@H]12. The molecule has 0 unspecified atom stereocenters. The summed E-state index contributed by atoms with van der Waals surface area (Å²) >= 11 is 0. The van der Waals surface area contributed by atoms with Crippen LogP contribution in [0.4, 0.5) is 4.39 Å². The summed E-state index contributed by atoms with van der Waals surface area (Å²) < 4.78 is 39.7. The Hall–Kier alpha value is -1.55. The Balaban J connectivity index is 1.11. The van der Waals surface area contributed by atoms with Gasteiger partial charge in [0.15, 0.2) is 0 Å². The number of carbonyl (C=O) groups is 1. The number of hydrogen-bond donors (Lipinski definition) is 2. The van der Waals surface area contributed by atoms with Gasteiger partial charge in [-0.3, -0.25) is 9.69 Å². The van der Waals surface area contributed by atoms with E-state index in [-0.39, 0.29) is 33.6 Å². The van der Waals surface area contributed by atoms with E-state index in [0.29, 0.717) is 55.5 Å². The summed E-state index contributed by atoms with van der Waals surface area (Å²) in [6, 6.07) is 0. The van der Waals surface area contributed by atoms with Crippen LogP contribution in [0.1, 0.15) is 119 Å². The van der Waals surface area contributed by atoms with Crippen molar-refractivity contribution in [2.45, 2.75) is 124 Å². The summed E-state index contributed by atoms with van der Waals surface area (Å²) in [5, 5.41) is 14.1. The van der Waals surface area contributed by atoms with Gasteiger partial charge in [0.25, 0.3) is 0 Å². The fraction of sp³-hybridized carbons (Fsp3) is 0.841. The van der Waals surface area contributed by atoms with Gasteiger partial charge in [-0.1, -0.05) is 58.9 Å². The monoisotopic (exact) mass is 756 g/mol. The molecular weight excluding hydrogens is 686 g/mol. The van der Waals surface area contributed by atoms with Crippen molar-refractivity contribution in [1.82, 2.24) is 14.5 Å². The zero-order chi connectivity index (χ0) is 38.4. The zero-order valence-corrected chi connectivity index (χ0v) is 34.9. The molecule has 10 atom stereocenters. The molecule has 298 valence electrons. The van der Waals surface area contributed by atoms with E-state index in [1.165, 1.54) is 74.3 Å². The molecule has 0 aromatic rings. The van der Waals surface area contributed by atoms with E-state index in [0.717, 1.165) is 32.6 Å². The third-order valence-electron chi connectivity index (χ3n) is 18.0. The third-order valence-corrected chi connectivity index (χ3v) is 19.3. The fourth-order valence-electron chi connectivity index (χ4n) is 14.9. The van der Waals surface area contributed by atoms with Crippen molar-refractivity contribution < 1.29 is 22.7 Å². The van der Waals surface area contributed by atoms with E-state index < -0.39 is 28.1 Å². The molecule has 6 aliphatic carbocycles. The summed E-state index contributed by atoms with van der Waals surface area (Å²) in [6.45, 7) is 23.7. The van der Waals surface area contributed by atoms with Gasteiger partial charge in [0.2, 0.25) is 10.0 Å². The minimum absolute atomic E-state index is 0.0174. The molecule has 0 aromatic heterocycles. The largest absolute Gasteiger partial charge is 0.481 e. The van der Waals surface area contributed by atoms with Crippen molar-refractivity contribution in [1.29, 1.82) is 0 Å². The van der Waals surface area contributed by atoms with Crippen LogP contribution in [0.3, 0.4) is 0 Å². The molecule has 53 heavy (non-hydrogen) atoms. The number of nitrogens with one attached hydrogen (secondary N) is 1. The van der Waals surface area contributed by atoms with Crippen molar-refractivity contribution in [3.8, 4) is 0 Å². The van der Waals surface area contributed by atoms with Crippen LogP contribution >= 0.6 is 0 Å². The minimum Gasteiger partial charge on any atom is -0.481 e. The molecule has 0 amide bonds. The second kappa shape index (κ2) is 13.5. The minimum atomic E-state index is -3.12. The topological polar surface area (TPSA) is 90.0 Å². The Bertz CT molecular complexity index is 1650. The summed E-state index contributed by atoms with van der Waals surface area (Å²) in [4.78, 5) is 14.4. The van der Waals surface area contributed by atoms with Crippen molar-refractivity contribution in [2.75, 3.05) is 52.2 Å². The number of nitrogens with zero attached hydrogens (tertiary/aromatic N) is 2.